The summed E-state index contributed by atoms with van der Waals surface area (Å²) in [7, 11) is 1.30. The molecule has 0 unspecified atom stereocenters. The number of nitrogens with zero attached hydrogens (tertiary/aromatic N) is 1. The maximum Gasteiger partial charge on any atom is 0.418 e. The molecular formula is C9H8F3NOS. The van der Waals surface area contributed by atoms with Gasteiger partial charge >= 0.3 is 6.18 Å². The summed E-state index contributed by atoms with van der Waals surface area (Å²) in [6.45, 7) is 1.29. The summed E-state index contributed by atoms with van der Waals surface area (Å²) < 4.78 is 42.1. The minimum atomic E-state index is -4.42. The standard InChI is InChI=1S/C9H8F3NOS/c1-5-7(9(10,11)12)3-6(4-13-5)8(15)14-2/h3-4H,1-2H3. The van der Waals surface area contributed by atoms with E-state index in [2.05, 4.69) is 9.72 Å². The number of pyridine rings is 1. The highest BCUT2D eigenvalue weighted by Crippen LogP contribution is 2.31. The first-order valence-corrected chi connectivity index (χ1v) is 4.39. The Morgan fingerprint density at radius 3 is 2.53 bits per heavy atom. The van der Waals surface area contributed by atoms with E-state index in [1.807, 2.05) is 0 Å². The Morgan fingerprint density at radius 1 is 1.47 bits per heavy atom. The lowest BCUT2D eigenvalue weighted by atomic mass is 10.1. The average Bonchev–Trinajstić information content (AvgIpc) is 2.15. The number of ether oxygens (including phenoxy) is 1. The number of halogens is 3. The monoisotopic (exact) mass is 235 g/mol. The summed E-state index contributed by atoms with van der Waals surface area (Å²) in [6, 6.07) is 0.939. The number of methoxy groups -OCH3 is 1. The van der Waals surface area contributed by atoms with Crippen LogP contribution in [-0.2, 0) is 10.9 Å². The summed E-state index contributed by atoms with van der Waals surface area (Å²) in [5.41, 5.74) is -0.713. The van der Waals surface area contributed by atoms with Crippen LogP contribution in [0.4, 0.5) is 13.2 Å². The summed E-state index contributed by atoms with van der Waals surface area (Å²) in [5.74, 6) is 0. The summed E-state index contributed by atoms with van der Waals surface area (Å²) in [6.07, 6.45) is -3.16. The van der Waals surface area contributed by atoms with Gasteiger partial charge in [0.05, 0.1) is 12.7 Å². The lowest BCUT2D eigenvalue weighted by Crippen LogP contribution is -2.11. The molecule has 0 aliphatic heterocycles. The van der Waals surface area contributed by atoms with Crippen LogP contribution in [0, 0.1) is 6.92 Å². The minimum absolute atomic E-state index is 0.00648. The van der Waals surface area contributed by atoms with Crippen molar-refractivity contribution in [2.45, 2.75) is 13.1 Å². The highest BCUT2D eigenvalue weighted by atomic mass is 32.1. The fourth-order valence-electron chi connectivity index (χ4n) is 1.05. The Balaban J connectivity index is 3.23. The van der Waals surface area contributed by atoms with Crippen LogP contribution in [0.15, 0.2) is 12.3 Å². The quantitative estimate of drug-likeness (QED) is 0.699. The maximum atomic E-state index is 12.5. The predicted molar refractivity (Wildman–Crippen MR) is 52.7 cm³/mol. The van der Waals surface area contributed by atoms with Crippen LogP contribution in [0.1, 0.15) is 16.8 Å². The molecule has 0 spiro atoms. The first kappa shape index (κ1) is 11.9. The Morgan fingerprint density at radius 2 is 2.07 bits per heavy atom. The molecule has 2 nitrogen and oxygen atoms in total. The van der Waals surface area contributed by atoms with Crippen molar-refractivity contribution in [1.82, 2.24) is 4.98 Å². The van der Waals surface area contributed by atoms with E-state index in [1.165, 1.54) is 20.2 Å². The molecule has 0 aliphatic rings. The number of thiocarbonyl (C=S) groups is 1. The van der Waals surface area contributed by atoms with E-state index < -0.39 is 11.7 Å². The fourth-order valence-corrected chi connectivity index (χ4v) is 1.16. The van der Waals surface area contributed by atoms with Crippen molar-refractivity contribution in [3.05, 3.63) is 29.1 Å². The molecule has 0 saturated heterocycles. The Kier molecular flexibility index (Phi) is 3.28. The van der Waals surface area contributed by atoms with E-state index in [0.29, 0.717) is 0 Å². The molecule has 0 amide bonds. The molecule has 0 aliphatic carbocycles. The number of aromatic nitrogens is 1. The predicted octanol–water partition coefficient (Wildman–Crippen LogP) is 2.73. The van der Waals surface area contributed by atoms with E-state index in [9.17, 15) is 13.2 Å². The van der Waals surface area contributed by atoms with Crippen LogP contribution in [0.25, 0.3) is 0 Å². The molecule has 0 N–H and O–H groups in total. The van der Waals surface area contributed by atoms with Gasteiger partial charge in [0.1, 0.15) is 0 Å². The Bertz CT molecular complexity index is 389. The fraction of sp³-hybridized carbons (Fsp3) is 0.333. The van der Waals surface area contributed by atoms with E-state index in [0.717, 1.165) is 6.07 Å². The number of aryl methyl sites for hydroxylation is 1. The molecule has 1 aromatic heterocycles. The zero-order valence-electron chi connectivity index (χ0n) is 8.05. The van der Waals surface area contributed by atoms with Gasteiger partial charge in [0.25, 0.3) is 0 Å². The van der Waals surface area contributed by atoms with E-state index in [4.69, 9.17) is 12.2 Å². The molecule has 0 radical (unpaired) electrons. The van der Waals surface area contributed by atoms with Crippen LogP contribution in [0.2, 0.25) is 0 Å². The topological polar surface area (TPSA) is 22.1 Å². The van der Waals surface area contributed by atoms with Crippen molar-refractivity contribution in [3.63, 3.8) is 0 Å². The van der Waals surface area contributed by atoms with Crippen molar-refractivity contribution in [2.75, 3.05) is 7.11 Å². The number of hydrogen-bond acceptors (Lipinski definition) is 3. The molecule has 1 heterocycles. The summed E-state index contributed by atoms with van der Waals surface area (Å²) in [5, 5.41) is -0.00648. The third-order valence-electron chi connectivity index (χ3n) is 1.81. The molecule has 0 fully saturated rings. The number of rotatable bonds is 1. The van der Waals surface area contributed by atoms with Crippen LogP contribution in [0.5, 0.6) is 0 Å². The van der Waals surface area contributed by atoms with Crippen LogP contribution in [-0.4, -0.2) is 17.1 Å². The number of hydrogen-bond donors (Lipinski definition) is 0. The van der Waals surface area contributed by atoms with Gasteiger partial charge in [-0.2, -0.15) is 13.2 Å². The smallest absolute Gasteiger partial charge is 0.418 e. The van der Waals surface area contributed by atoms with Gasteiger partial charge in [0.15, 0.2) is 5.05 Å². The molecular weight excluding hydrogens is 227 g/mol. The molecule has 15 heavy (non-hydrogen) atoms. The van der Waals surface area contributed by atoms with Gasteiger partial charge in [-0.3, -0.25) is 4.98 Å². The van der Waals surface area contributed by atoms with Crippen LogP contribution in [0.3, 0.4) is 0 Å². The second-order valence-electron chi connectivity index (χ2n) is 2.85. The molecule has 1 aromatic rings. The molecule has 0 bridgehead atoms. The summed E-state index contributed by atoms with van der Waals surface area (Å²) >= 11 is 4.72. The first-order chi connectivity index (χ1) is 6.86. The molecule has 1 rings (SSSR count). The van der Waals surface area contributed by atoms with Crippen molar-refractivity contribution in [1.29, 1.82) is 0 Å². The zero-order chi connectivity index (χ0) is 11.6. The zero-order valence-corrected chi connectivity index (χ0v) is 8.87. The molecule has 6 heteroatoms. The van der Waals surface area contributed by atoms with Crippen molar-refractivity contribution in [2.24, 2.45) is 0 Å². The highest BCUT2D eigenvalue weighted by Gasteiger charge is 2.33. The highest BCUT2D eigenvalue weighted by molar-refractivity contribution is 7.80. The Hall–Kier alpha value is -1.17. The van der Waals surface area contributed by atoms with E-state index in [-0.39, 0.29) is 16.3 Å². The second-order valence-corrected chi connectivity index (χ2v) is 3.22. The maximum absolute atomic E-state index is 12.5. The molecule has 0 saturated carbocycles. The van der Waals surface area contributed by atoms with Gasteiger partial charge in [-0.15, -0.1) is 0 Å². The second kappa shape index (κ2) is 4.14. The lowest BCUT2D eigenvalue weighted by molar-refractivity contribution is -0.138. The van der Waals surface area contributed by atoms with Crippen LogP contribution < -0.4 is 0 Å². The third-order valence-corrected chi connectivity index (χ3v) is 2.22. The SMILES string of the molecule is COC(=S)c1cnc(C)c(C(F)(F)F)c1. The summed E-state index contributed by atoms with van der Waals surface area (Å²) in [4.78, 5) is 3.63. The third kappa shape index (κ3) is 2.65. The average molecular weight is 235 g/mol. The van der Waals surface area contributed by atoms with Crippen molar-refractivity contribution < 1.29 is 17.9 Å². The van der Waals surface area contributed by atoms with E-state index >= 15 is 0 Å². The van der Waals surface area contributed by atoms with E-state index in [1.54, 1.807) is 0 Å². The Labute approximate surface area is 90.1 Å². The first-order valence-electron chi connectivity index (χ1n) is 3.98. The van der Waals surface area contributed by atoms with Crippen molar-refractivity contribution >= 4 is 17.3 Å². The largest absolute Gasteiger partial charge is 0.486 e. The van der Waals surface area contributed by atoms with Crippen molar-refractivity contribution in [3.8, 4) is 0 Å². The molecule has 82 valence electrons. The van der Waals surface area contributed by atoms with Gasteiger partial charge in [-0.25, -0.2) is 0 Å². The lowest BCUT2D eigenvalue weighted by Gasteiger charge is -2.11. The van der Waals surface area contributed by atoms with Gasteiger partial charge < -0.3 is 4.74 Å². The minimum Gasteiger partial charge on any atom is -0.486 e. The van der Waals surface area contributed by atoms with Crippen LogP contribution >= 0.6 is 12.2 Å². The number of alkyl halides is 3. The molecule has 0 atom stereocenters. The molecule has 0 aromatic carbocycles. The van der Waals surface area contributed by atoms with Gasteiger partial charge in [0, 0.05) is 17.5 Å². The van der Waals surface area contributed by atoms with Gasteiger partial charge in [-0.05, 0) is 25.2 Å². The van der Waals surface area contributed by atoms with Gasteiger partial charge in [-0.1, -0.05) is 0 Å². The normalized spacial score (nSPS) is 11.3. The van der Waals surface area contributed by atoms with Gasteiger partial charge in [0.2, 0.25) is 0 Å².